The number of methoxy groups -OCH3 is 1. The number of nitrogens with one attached hydrogen (secondary N) is 1. The van der Waals surface area contributed by atoms with Gasteiger partial charge in [-0.25, -0.2) is 8.42 Å². The summed E-state index contributed by atoms with van der Waals surface area (Å²) in [5.74, 6) is 0.380. The summed E-state index contributed by atoms with van der Waals surface area (Å²) in [7, 11) is -2.00. The van der Waals surface area contributed by atoms with Crippen molar-refractivity contribution in [2.75, 3.05) is 42.2 Å². The molecule has 0 radical (unpaired) electrons. The van der Waals surface area contributed by atoms with Crippen molar-refractivity contribution in [1.29, 1.82) is 0 Å². The highest BCUT2D eigenvalue weighted by Gasteiger charge is 2.21. The summed E-state index contributed by atoms with van der Waals surface area (Å²) in [5, 5.41) is 3.02. The Hall–Kier alpha value is -2.74. The summed E-state index contributed by atoms with van der Waals surface area (Å²) in [6.07, 6.45) is 5.58. The quantitative estimate of drug-likeness (QED) is 0.562. The number of piperidine rings is 1. The van der Waals surface area contributed by atoms with Gasteiger partial charge in [-0.15, -0.1) is 0 Å². The molecule has 180 valence electrons. The number of hydrogen-bond acceptors (Lipinski definition) is 5. The first-order valence-corrected chi connectivity index (χ1v) is 13.4. The lowest BCUT2D eigenvalue weighted by atomic mass is 10.1. The van der Waals surface area contributed by atoms with Crippen molar-refractivity contribution in [2.24, 2.45) is 0 Å². The van der Waals surface area contributed by atoms with Crippen LogP contribution in [0.2, 0.25) is 0 Å². The molecule has 7 nitrogen and oxygen atoms in total. The lowest BCUT2D eigenvalue weighted by Gasteiger charge is -2.29. The summed E-state index contributed by atoms with van der Waals surface area (Å²) in [6, 6.07) is 15.3. The minimum absolute atomic E-state index is 0.101. The molecule has 1 heterocycles. The number of amides is 1. The third-order valence-electron chi connectivity index (χ3n) is 6.01. The molecule has 0 bridgehead atoms. The van der Waals surface area contributed by atoms with E-state index in [9.17, 15) is 13.2 Å². The Kier molecular flexibility index (Phi) is 8.61. The van der Waals surface area contributed by atoms with Crippen molar-refractivity contribution in [2.45, 2.75) is 45.1 Å². The second-order valence-electron chi connectivity index (χ2n) is 8.54. The van der Waals surface area contributed by atoms with E-state index in [1.807, 2.05) is 6.92 Å². The maximum Gasteiger partial charge on any atom is 0.232 e. The maximum absolute atomic E-state index is 12.5. The van der Waals surface area contributed by atoms with Gasteiger partial charge in [0.25, 0.3) is 0 Å². The molecule has 0 aromatic heterocycles. The first-order valence-electron chi connectivity index (χ1n) is 11.5. The van der Waals surface area contributed by atoms with Gasteiger partial charge in [-0.05, 0) is 62.4 Å². The Morgan fingerprint density at radius 2 is 1.76 bits per heavy atom. The average Bonchev–Trinajstić information content (AvgIpc) is 2.81. The minimum Gasteiger partial charge on any atom is -0.495 e. The maximum atomic E-state index is 12.5. The van der Waals surface area contributed by atoms with Crippen molar-refractivity contribution in [1.82, 2.24) is 5.32 Å². The van der Waals surface area contributed by atoms with Crippen LogP contribution in [0.1, 0.15) is 50.6 Å². The molecule has 0 saturated carbocycles. The van der Waals surface area contributed by atoms with Crippen LogP contribution in [0.4, 0.5) is 11.4 Å². The Bertz CT molecular complexity index is 1020. The number of carbonyl (C=O) groups excluding carboxylic acids is 1. The molecule has 1 N–H and O–H groups in total. The average molecular weight is 474 g/mol. The normalized spacial score (nSPS) is 15.1. The second-order valence-corrected chi connectivity index (χ2v) is 10.4. The van der Waals surface area contributed by atoms with Crippen LogP contribution < -0.4 is 19.3 Å². The highest BCUT2D eigenvalue weighted by atomic mass is 32.2. The predicted molar refractivity (Wildman–Crippen MR) is 133 cm³/mol. The zero-order valence-electron chi connectivity index (χ0n) is 19.8. The second kappa shape index (κ2) is 11.4. The van der Waals surface area contributed by atoms with E-state index in [4.69, 9.17) is 4.74 Å². The number of carbonyl (C=O) groups is 1. The first-order chi connectivity index (χ1) is 15.8. The first kappa shape index (κ1) is 24.9. The Labute approximate surface area is 197 Å². The van der Waals surface area contributed by atoms with Gasteiger partial charge in [0.05, 0.1) is 25.1 Å². The molecule has 3 rings (SSSR count). The van der Waals surface area contributed by atoms with E-state index < -0.39 is 10.0 Å². The van der Waals surface area contributed by atoms with Crippen LogP contribution in [0.15, 0.2) is 48.5 Å². The van der Waals surface area contributed by atoms with Crippen molar-refractivity contribution in [3.63, 3.8) is 0 Å². The predicted octanol–water partition coefficient (Wildman–Crippen LogP) is 4.11. The zero-order valence-corrected chi connectivity index (χ0v) is 20.6. The van der Waals surface area contributed by atoms with Gasteiger partial charge in [0.15, 0.2) is 0 Å². The van der Waals surface area contributed by atoms with Gasteiger partial charge in [-0.3, -0.25) is 9.10 Å². The fraction of sp³-hybridized carbons (Fsp3) is 0.480. The Morgan fingerprint density at radius 1 is 1.09 bits per heavy atom. The van der Waals surface area contributed by atoms with E-state index in [1.165, 1.54) is 36.4 Å². The largest absolute Gasteiger partial charge is 0.495 e. The molecule has 8 heteroatoms. The van der Waals surface area contributed by atoms with Crippen LogP contribution in [-0.4, -0.2) is 47.3 Å². The summed E-state index contributed by atoms with van der Waals surface area (Å²) < 4.78 is 31.3. The molecule has 1 aliphatic rings. The number of anilines is 2. The molecule has 1 fully saturated rings. The van der Waals surface area contributed by atoms with E-state index in [-0.39, 0.29) is 24.9 Å². The molecule has 1 saturated heterocycles. The summed E-state index contributed by atoms with van der Waals surface area (Å²) >= 11 is 0. The van der Waals surface area contributed by atoms with E-state index >= 15 is 0 Å². The van der Waals surface area contributed by atoms with Crippen molar-refractivity contribution in [3.8, 4) is 5.75 Å². The summed E-state index contributed by atoms with van der Waals surface area (Å²) in [4.78, 5) is 14.9. The molecule has 33 heavy (non-hydrogen) atoms. The monoisotopic (exact) mass is 473 g/mol. The van der Waals surface area contributed by atoms with Crippen LogP contribution in [0, 0.1) is 0 Å². The van der Waals surface area contributed by atoms with E-state index in [2.05, 4.69) is 34.5 Å². The fourth-order valence-corrected chi connectivity index (χ4v) is 5.18. The molecule has 2 aromatic carbocycles. The fourth-order valence-electron chi connectivity index (χ4n) is 4.21. The number of hydrogen-bond donors (Lipinski definition) is 1. The number of rotatable bonds is 10. The van der Waals surface area contributed by atoms with E-state index in [0.29, 0.717) is 17.9 Å². The molecular weight excluding hydrogens is 438 g/mol. The number of benzene rings is 2. The van der Waals surface area contributed by atoms with Crippen molar-refractivity contribution >= 4 is 27.3 Å². The molecule has 2 aromatic rings. The molecule has 1 atom stereocenters. The zero-order chi connectivity index (χ0) is 23.8. The third kappa shape index (κ3) is 6.87. The molecular formula is C25H35N3O4S. The van der Waals surface area contributed by atoms with Gasteiger partial charge in [-0.1, -0.05) is 24.3 Å². The standard InChI is InChI=1S/C25H35N3O4S/c1-20(21-13-15-22(16-14-21)27-17-7-4-8-18-27)26-25(29)12-9-19-28(33(3,30)31)23-10-5-6-11-24(23)32-2/h5-6,10-11,13-16,20H,4,7-9,12,17-19H2,1-3H3,(H,26,29)/t20-/m1/s1. The molecule has 0 spiro atoms. The van der Waals surface area contributed by atoms with Crippen molar-refractivity contribution < 1.29 is 17.9 Å². The molecule has 0 unspecified atom stereocenters. The summed E-state index contributed by atoms with van der Waals surface area (Å²) in [6.45, 7) is 4.37. The lowest BCUT2D eigenvalue weighted by Crippen LogP contribution is -2.33. The number of ether oxygens (including phenoxy) is 1. The lowest BCUT2D eigenvalue weighted by molar-refractivity contribution is -0.121. The van der Waals surface area contributed by atoms with Gasteiger partial charge in [-0.2, -0.15) is 0 Å². The van der Waals surface area contributed by atoms with Crippen LogP contribution >= 0.6 is 0 Å². The van der Waals surface area contributed by atoms with Crippen LogP contribution in [-0.2, 0) is 14.8 Å². The highest BCUT2D eigenvalue weighted by molar-refractivity contribution is 7.92. The minimum atomic E-state index is -3.51. The van der Waals surface area contributed by atoms with Gasteiger partial charge in [0, 0.05) is 31.7 Å². The summed E-state index contributed by atoms with van der Waals surface area (Å²) in [5.41, 5.74) is 2.76. The third-order valence-corrected chi connectivity index (χ3v) is 7.19. The smallest absolute Gasteiger partial charge is 0.232 e. The number of nitrogens with zero attached hydrogens (tertiary/aromatic N) is 2. The SMILES string of the molecule is COc1ccccc1N(CCCC(=O)N[C@H](C)c1ccc(N2CCCCC2)cc1)S(C)(=O)=O. The van der Waals surface area contributed by atoms with Crippen LogP contribution in [0.5, 0.6) is 5.75 Å². The molecule has 0 aliphatic carbocycles. The van der Waals surface area contributed by atoms with Crippen LogP contribution in [0.25, 0.3) is 0 Å². The molecule has 1 amide bonds. The van der Waals surface area contributed by atoms with Crippen LogP contribution in [0.3, 0.4) is 0 Å². The van der Waals surface area contributed by atoms with Gasteiger partial charge >= 0.3 is 0 Å². The van der Waals surface area contributed by atoms with Gasteiger partial charge in [0.1, 0.15) is 5.75 Å². The molecule has 1 aliphatic heterocycles. The van der Waals surface area contributed by atoms with Gasteiger partial charge < -0.3 is 15.0 Å². The van der Waals surface area contributed by atoms with Gasteiger partial charge in [0.2, 0.25) is 15.9 Å². The highest BCUT2D eigenvalue weighted by Crippen LogP contribution is 2.29. The van der Waals surface area contributed by atoms with Crippen molar-refractivity contribution in [3.05, 3.63) is 54.1 Å². The van der Waals surface area contributed by atoms with E-state index in [0.717, 1.165) is 24.9 Å². The van der Waals surface area contributed by atoms with E-state index in [1.54, 1.807) is 24.3 Å². The Morgan fingerprint density at radius 3 is 2.39 bits per heavy atom. The number of para-hydroxylation sites is 2. The number of sulfonamides is 1. The Balaban J connectivity index is 1.53. The topological polar surface area (TPSA) is 79.0 Å².